The van der Waals surface area contributed by atoms with Crippen LogP contribution in [-0.4, -0.2) is 32.1 Å². The Morgan fingerprint density at radius 2 is 2.31 bits per heavy atom. The number of rotatable bonds is 2. The summed E-state index contributed by atoms with van der Waals surface area (Å²) in [5.41, 5.74) is 0. The van der Waals surface area contributed by atoms with E-state index in [0.29, 0.717) is 19.5 Å². The van der Waals surface area contributed by atoms with Crippen molar-refractivity contribution in [2.24, 2.45) is 5.92 Å². The lowest BCUT2D eigenvalue weighted by molar-refractivity contribution is 0.271. The van der Waals surface area contributed by atoms with E-state index in [-0.39, 0.29) is 5.92 Å². The monoisotopic (exact) mass is 202 g/mol. The number of sulfonamides is 1. The van der Waals surface area contributed by atoms with E-state index in [9.17, 15) is 8.42 Å². The van der Waals surface area contributed by atoms with Crippen molar-refractivity contribution in [3.63, 3.8) is 0 Å². The summed E-state index contributed by atoms with van der Waals surface area (Å²) < 4.78 is 23.8. The molecule has 0 aromatic carbocycles. The summed E-state index contributed by atoms with van der Waals surface area (Å²) >= 11 is 0. The molecule has 0 aromatic heterocycles. The molecule has 0 aliphatic carbocycles. The highest BCUT2D eigenvalue weighted by Crippen LogP contribution is 2.20. The lowest BCUT2D eigenvalue weighted by atomic mass is 9.97. The van der Waals surface area contributed by atoms with Gasteiger partial charge < -0.3 is 0 Å². The largest absolute Gasteiger partial charge is 0.213 e. The van der Waals surface area contributed by atoms with Crippen LogP contribution >= 0.6 is 0 Å². The molecule has 1 atom stereocenters. The van der Waals surface area contributed by atoms with Crippen LogP contribution in [0.5, 0.6) is 0 Å². The molecule has 1 heterocycles. The third-order valence-corrected chi connectivity index (χ3v) is 3.60. The van der Waals surface area contributed by atoms with Crippen molar-refractivity contribution in [2.75, 3.05) is 19.3 Å². The van der Waals surface area contributed by atoms with Crippen LogP contribution < -0.4 is 0 Å². The molecular weight excluding hydrogens is 188 g/mol. The highest BCUT2D eigenvalue weighted by Gasteiger charge is 2.25. The number of nitriles is 1. The molecule has 1 aliphatic rings. The van der Waals surface area contributed by atoms with Gasteiger partial charge in [-0.1, -0.05) is 0 Å². The molecule has 13 heavy (non-hydrogen) atoms. The second kappa shape index (κ2) is 4.07. The Morgan fingerprint density at radius 1 is 1.62 bits per heavy atom. The van der Waals surface area contributed by atoms with Crippen molar-refractivity contribution in [3.8, 4) is 6.07 Å². The second-order valence-corrected chi connectivity index (χ2v) is 5.47. The number of piperidine rings is 1. The molecule has 1 fully saturated rings. The molecule has 5 heteroatoms. The van der Waals surface area contributed by atoms with E-state index in [2.05, 4.69) is 6.07 Å². The standard InChI is InChI=1S/C8H14N2O2S/c1-13(11,12)10-6-2-3-8(7-10)4-5-9/h8H,2-4,6-7H2,1H3. The van der Waals surface area contributed by atoms with Crippen LogP contribution in [0.4, 0.5) is 0 Å². The Morgan fingerprint density at radius 3 is 2.85 bits per heavy atom. The van der Waals surface area contributed by atoms with E-state index in [0.717, 1.165) is 12.8 Å². The first kappa shape index (κ1) is 10.5. The van der Waals surface area contributed by atoms with Crippen LogP contribution in [0, 0.1) is 17.2 Å². The van der Waals surface area contributed by atoms with Crippen LogP contribution in [0.3, 0.4) is 0 Å². The summed E-state index contributed by atoms with van der Waals surface area (Å²) in [6.07, 6.45) is 3.53. The maximum absolute atomic E-state index is 11.2. The molecule has 74 valence electrons. The molecule has 0 bridgehead atoms. The normalized spacial score (nSPS) is 25.4. The van der Waals surface area contributed by atoms with E-state index in [4.69, 9.17) is 5.26 Å². The summed E-state index contributed by atoms with van der Waals surface area (Å²) in [5.74, 6) is 0.230. The summed E-state index contributed by atoms with van der Waals surface area (Å²) in [6.45, 7) is 1.13. The maximum atomic E-state index is 11.2. The van der Waals surface area contributed by atoms with Gasteiger partial charge >= 0.3 is 0 Å². The van der Waals surface area contributed by atoms with Gasteiger partial charge in [0.05, 0.1) is 12.3 Å². The van der Waals surface area contributed by atoms with Gasteiger partial charge in [0.15, 0.2) is 0 Å². The van der Waals surface area contributed by atoms with Crippen molar-refractivity contribution in [1.82, 2.24) is 4.31 Å². The third-order valence-electron chi connectivity index (χ3n) is 2.33. The summed E-state index contributed by atoms with van der Waals surface area (Å²) in [4.78, 5) is 0. The first-order chi connectivity index (χ1) is 6.04. The highest BCUT2D eigenvalue weighted by molar-refractivity contribution is 7.88. The van der Waals surface area contributed by atoms with E-state index >= 15 is 0 Å². The fourth-order valence-corrected chi connectivity index (χ4v) is 2.57. The Kier molecular flexibility index (Phi) is 3.28. The number of hydrogen-bond acceptors (Lipinski definition) is 3. The molecule has 1 aliphatic heterocycles. The third kappa shape index (κ3) is 2.98. The fourth-order valence-electron chi connectivity index (χ4n) is 1.62. The van der Waals surface area contributed by atoms with Crippen LogP contribution in [-0.2, 0) is 10.0 Å². The van der Waals surface area contributed by atoms with Crippen LogP contribution in [0.1, 0.15) is 19.3 Å². The molecule has 1 rings (SSSR count). The fraction of sp³-hybridized carbons (Fsp3) is 0.875. The highest BCUT2D eigenvalue weighted by atomic mass is 32.2. The van der Waals surface area contributed by atoms with Gasteiger partial charge in [-0.25, -0.2) is 12.7 Å². The zero-order chi connectivity index (χ0) is 9.90. The summed E-state index contributed by atoms with van der Waals surface area (Å²) in [5, 5.41) is 8.49. The predicted octanol–water partition coefficient (Wildman–Crippen LogP) is 0.572. The Hall–Kier alpha value is -0.600. The molecule has 1 saturated heterocycles. The molecule has 0 amide bonds. The van der Waals surface area contributed by atoms with Crippen molar-refractivity contribution in [1.29, 1.82) is 5.26 Å². The van der Waals surface area contributed by atoms with Gasteiger partial charge in [-0.05, 0) is 18.8 Å². The van der Waals surface area contributed by atoms with Gasteiger partial charge in [0.25, 0.3) is 0 Å². The topological polar surface area (TPSA) is 61.2 Å². The zero-order valence-corrected chi connectivity index (χ0v) is 8.55. The molecule has 0 saturated carbocycles. The molecule has 4 nitrogen and oxygen atoms in total. The molecule has 0 N–H and O–H groups in total. The van der Waals surface area contributed by atoms with Gasteiger partial charge in [-0.2, -0.15) is 5.26 Å². The molecule has 0 spiro atoms. The Balaban J connectivity index is 2.58. The minimum absolute atomic E-state index is 0.230. The van der Waals surface area contributed by atoms with Crippen molar-refractivity contribution in [2.45, 2.75) is 19.3 Å². The predicted molar refractivity (Wildman–Crippen MR) is 49.4 cm³/mol. The van der Waals surface area contributed by atoms with Crippen molar-refractivity contribution < 1.29 is 8.42 Å². The first-order valence-corrected chi connectivity index (χ1v) is 6.21. The van der Waals surface area contributed by atoms with Crippen LogP contribution in [0.25, 0.3) is 0 Å². The molecular formula is C8H14N2O2S. The van der Waals surface area contributed by atoms with Gasteiger partial charge in [0.2, 0.25) is 10.0 Å². The van der Waals surface area contributed by atoms with Gasteiger partial charge in [-0.3, -0.25) is 0 Å². The van der Waals surface area contributed by atoms with Gasteiger partial charge in [0, 0.05) is 19.5 Å². The van der Waals surface area contributed by atoms with Crippen molar-refractivity contribution in [3.05, 3.63) is 0 Å². The molecule has 0 radical (unpaired) electrons. The molecule has 1 unspecified atom stereocenters. The minimum Gasteiger partial charge on any atom is -0.213 e. The zero-order valence-electron chi connectivity index (χ0n) is 7.73. The lowest BCUT2D eigenvalue weighted by Crippen LogP contribution is -2.39. The molecule has 0 aromatic rings. The van der Waals surface area contributed by atoms with E-state index < -0.39 is 10.0 Å². The smallest absolute Gasteiger partial charge is 0.211 e. The SMILES string of the molecule is CS(=O)(=O)N1CCCC(CC#N)C1. The van der Waals surface area contributed by atoms with E-state index in [1.807, 2.05) is 0 Å². The average molecular weight is 202 g/mol. The van der Waals surface area contributed by atoms with E-state index in [1.54, 1.807) is 0 Å². The lowest BCUT2D eigenvalue weighted by Gasteiger charge is -2.29. The Bertz CT molecular complexity index is 305. The quantitative estimate of drug-likeness (QED) is 0.657. The van der Waals surface area contributed by atoms with Crippen LogP contribution in [0.2, 0.25) is 0 Å². The average Bonchev–Trinajstić information content (AvgIpc) is 2.04. The minimum atomic E-state index is -3.05. The maximum Gasteiger partial charge on any atom is 0.211 e. The van der Waals surface area contributed by atoms with Crippen molar-refractivity contribution >= 4 is 10.0 Å². The van der Waals surface area contributed by atoms with Gasteiger partial charge in [0.1, 0.15) is 0 Å². The second-order valence-electron chi connectivity index (χ2n) is 3.49. The van der Waals surface area contributed by atoms with Gasteiger partial charge in [-0.15, -0.1) is 0 Å². The Labute approximate surface area is 79.2 Å². The summed E-state index contributed by atoms with van der Waals surface area (Å²) in [7, 11) is -3.05. The summed E-state index contributed by atoms with van der Waals surface area (Å²) in [6, 6.07) is 2.09. The number of nitrogens with zero attached hydrogens (tertiary/aromatic N) is 2. The number of hydrogen-bond donors (Lipinski definition) is 0. The first-order valence-electron chi connectivity index (χ1n) is 4.36. The van der Waals surface area contributed by atoms with E-state index in [1.165, 1.54) is 10.6 Å². The van der Waals surface area contributed by atoms with Crippen LogP contribution in [0.15, 0.2) is 0 Å².